The number of hydrogen-bond donors (Lipinski definition) is 2. The van der Waals surface area contributed by atoms with E-state index in [-0.39, 0.29) is 23.3 Å². The third-order valence-electron chi connectivity index (χ3n) is 6.63. The molecule has 0 saturated carbocycles. The fraction of sp³-hybridized carbons (Fsp3) is 0.423. The SMILES string of the molecule is CCC1CC(C(=O)O)CCN1C1=CC(=O)C(Nc2ncnc3cc(OCCOC)c(OC)cc23)=CC1=O. The van der Waals surface area contributed by atoms with Gasteiger partial charge in [-0.25, -0.2) is 9.97 Å². The molecule has 196 valence electrons. The van der Waals surface area contributed by atoms with Gasteiger partial charge in [0.25, 0.3) is 0 Å². The molecule has 0 spiro atoms. The van der Waals surface area contributed by atoms with E-state index in [1.165, 1.54) is 25.6 Å². The standard InChI is InChI=1S/C26H30N4O7/c1-4-16-9-15(26(33)34)5-6-30(16)20-13-21(31)19(11-22(20)32)29-25-17-10-23(36-3)24(37-8-7-35-2)12-18(17)27-14-28-25/h10-16H,4-9H2,1-3H3,(H,33,34)(H,27,28,29). The largest absolute Gasteiger partial charge is 0.493 e. The molecule has 1 saturated heterocycles. The first kappa shape index (κ1) is 26.1. The van der Waals surface area contributed by atoms with Crippen LogP contribution in [-0.4, -0.2) is 77.5 Å². The number of aromatic nitrogens is 2. The van der Waals surface area contributed by atoms with Crippen molar-refractivity contribution < 1.29 is 33.7 Å². The number of aliphatic carboxylic acids is 1. The summed E-state index contributed by atoms with van der Waals surface area (Å²) < 4.78 is 16.2. The van der Waals surface area contributed by atoms with Crippen LogP contribution in [0.25, 0.3) is 10.9 Å². The second-order valence-corrected chi connectivity index (χ2v) is 8.84. The number of methoxy groups -OCH3 is 2. The number of ether oxygens (including phenoxy) is 3. The minimum atomic E-state index is -0.827. The molecule has 11 heteroatoms. The van der Waals surface area contributed by atoms with Crippen molar-refractivity contribution in [2.45, 2.75) is 32.2 Å². The van der Waals surface area contributed by atoms with Crippen LogP contribution in [0.3, 0.4) is 0 Å². The minimum Gasteiger partial charge on any atom is -0.493 e. The van der Waals surface area contributed by atoms with Crippen LogP contribution in [-0.2, 0) is 19.1 Å². The molecule has 1 aromatic carbocycles. The monoisotopic (exact) mass is 510 g/mol. The number of benzene rings is 1. The summed E-state index contributed by atoms with van der Waals surface area (Å²) in [6, 6.07) is 3.29. The Morgan fingerprint density at radius 3 is 2.65 bits per heavy atom. The predicted molar refractivity (Wildman–Crippen MR) is 134 cm³/mol. The zero-order valence-corrected chi connectivity index (χ0v) is 21.0. The second kappa shape index (κ2) is 11.4. The molecule has 1 fully saturated rings. The van der Waals surface area contributed by atoms with Gasteiger partial charge in [0.15, 0.2) is 11.5 Å². The molecule has 2 heterocycles. The number of allylic oxidation sites excluding steroid dienone is 2. The molecular weight excluding hydrogens is 480 g/mol. The molecule has 1 aromatic heterocycles. The van der Waals surface area contributed by atoms with Gasteiger partial charge in [0.1, 0.15) is 18.8 Å². The molecule has 0 radical (unpaired) electrons. The normalized spacial score (nSPS) is 19.9. The van der Waals surface area contributed by atoms with Crippen molar-refractivity contribution in [3.05, 3.63) is 42.0 Å². The topological polar surface area (TPSA) is 140 Å². The van der Waals surface area contributed by atoms with Crippen LogP contribution in [0.15, 0.2) is 42.0 Å². The second-order valence-electron chi connectivity index (χ2n) is 8.84. The summed E-state index contributed by atoms with van der Waals surface area (Å²) in [6.45, 7) is 3.10. The highest BCUT2D eigenvalue weighted by atomic mass is 16.5. The van der Waals surface area contributed by atoms with Crippen LogP contribution in [0.4, 0.5) is 5.82 Å². The first-order chi connectivity index (χ1) is 17.9. The van der Waals surface area contributed by atoms with Gasteiger partial charge >= 0.3 is 5.97 Å². The summed E-state index contributed by atoms with van der Waals surface area (Å²) in [4.78, 5) is 48.0. The van der Waals surface area contributed by atoms with Gasteiger partial charge in [0.05, 0.1) is 36.5 Å². The van der Waals surface area contributed by atoms with E-state index >= 15 is 0 Å². The first-order valence-electron chi connectivity index (χ1n) is 12.1. The number of carbonyl (C=O) groups is 3. The fourth-order valence-electron chi connectivity index (χ4n) is 4.65. The summed E-state index contributed by atoms with van der Waals surface area (Å²) in [5.74, 6) is -0.680. The number of carboxylic acids is 1. The number of likely N-dealkylation sites (tertiary alicyclic amines) is 1. The number of anilines is 1. The number of ketones is 2. The molecule has 2 N–H and O–H groups in total. The lowest BCUT2D eigenvalue weighted by atomic mass is 9.88. The van der Waals surface area contributed by atoms with Crippen LogP contribution in [0, 0.1) is 5.92 Å². The lowest BCUT2D eigenvalue weighted by molar-refractivity contribution is -0.144. The molecule has 2 unspecified atom stereocenters. The maximum absolute atomic E-state index is 13.1. The van der Waals surface area contributed by atoms with Crippen LogP contribution in [0.1, 0.15) is 26.2 Å². The van der Waals surface area contributed by atoms with Crippen molar-refractivity contribution in [2.75, 3.05) is 39.3 Å². The number of carbonyl (C=O) groups excluding carboxylic acids is 2. The van der Waals surface area contributed by atoms with E-state index in [9.17, 15) is 19.5 Å². The van der Waals surface area contributed by atoms with E-state index in [1.54, 1.807) is 19.2 Å². The van der Waals surface area contributed by atoms with Crippen molar-refractivity contribution >= 4 is 34.3 Å². The molecule has 1 aliphatic carbocycles. The van der Waals surface area contributed by atoms with Crippen molar-refractivity contribution in [2.24, 2.45) is 5.92 Å². The van der Waals surface area contributed by atoms with Gasteiger partial charge in [-0.15, -0.1) is 0 Å². The average Bonchev–Trinajstić information content (AvgIpc) is 2.90. The summed E-state index contributed by atoms with van der Waals surface area (Å²) in [6.07, 6.45) is 5.47. The quantitative estimate of drug-likeness (QED) is 0.360. The fourth-order valence-corrected chi connectivity index (χ4v) is 4.65. The Bertz CT molecular complexity index is 1270. The van der Waals surface area contributed by atoms with Gasteiger partial charge in [-0.2, -0.15) is 0 Å². The Hall–Kier alpha value is -3.99. The van der Waals surface area contributed by atoms with E-state index in [2.05, 4.69) is 15.3 Å². The van der Waals surface area contributed by atoms with Crippen LogP contribution < -0.4 is 14.8 Å². The summed E-state index contributed by atoms with van der Waals surface area (Å²) in [5, 5.41) is 12.9. The molecule has 2 aromatic rings. The Morgan fingerprint density at radius 2 is 1.95 bits per heavy atom. The van der Waals surface area contributed by atoms with Crippen molar-refractivity contribution in [1.82, 2.24) is 14.9 Å². The third kappa shape index (κ3) is 5.56. The van der Waals surface area contributed by atoms with Gasteiger partial charge < -0.3 is 29.5 Å². The zero-order chi connectivity index (χ0) is 26.5. The zero-order valence-electron chi connectivity index (χ0n) is 21.0. The Kier molecular flexibility index (Phi) is 8.02. The van der Waals surface area contributed by atoms with Gasteiger partial charge in [0.2, 0.25) is 11.6 Å². The summed E-state index contributed by atoms with van der Waals surface area (Å²) >= 11 is 0. The Labute approximate surface area is 214 Å². The molecule has 0 amide bonds. The van der Waals surface area contributed by atoms with E-state index in [4.69, 9.17) is 14.2 Å². The van der Waals surface area contributed by atoms with Gasteiger partial charge in [-0.05, 0) is 25.3 Å². The number of nitrogens with zero attached hydrogens (tertiary/aromatic N) is 3. The van der Waals surface area contributed by atoms with E-state index in [1.807, 2.05) is 11.8 Å². The number of hydrogen-bond acceptors (Lipinski definition) is 10. The van der Waals surface area contributed by atoms with Crippen molar-refractivity contribution in [1.29, 1.82) is 0 Å². The maximum atomic E-state index is 13.1. The molecule has 0 bridgehead atoms. The molecular formula is C26H30N4O7. The number of fused-ring (bicyclic) bond motifs is 1. The molecule has 2 aliphatic rings. The van der Waals surface area contributed by atoms with E-state index in [0.29, 0.717) is 72.9 Å². The van der Waals surface area contributed by atoms with Crippen molar-refractivity contribution in [3.63, 3.8) is 0 Å². The minimum absolute atomic E-state index is 0.0848. The summed E-state index contributed by atoms with van der Waals surface area (Å²) in [5.41, 5.74) is 0.934. The van der Waals surface area contributed by atoms with Gasteiger partial charge in [-0.1, -0.05) is 6.92 Å². The van der Waals surface area contributed by atoms with Crippen LogP contribution in [0.2, 0.25) is 0 Å². The molecule has 1 aliphatic heterocycles. The number of carboxylic acid groups (broad SMARTS) is 1. The smallest absolute Gasteiger partial charge is 0.306 e. The number of rotatable bonds is 10. The maximum Gasteiger partial charge on any atom is 0.306 e. The Balaban J connectivity index is 1.56. The van der Waals surface area contributed by atoms with Gasteiger partial charge in [0, 0.05) is 43.3 Å². The highest BCUT2D eigenvalue weighted by Crippen LogP contribution is 2.35. The van der Waals surface area contributed by atoms with E-state index in [0.717, 1.165) is 0 Å². The number of nitrogens with one attached hydrogen (secondary N) is 1. The highest BCUT2D eigenvalue weighted by Gasteiger charge is 2.35. The lowest BCUT2D eigenvalue weighted by Crippen LogP contribution is -2.45. The molecule has 2 atom stereocenters. The van der Waals surface area contributed by atoms with E-state index < -0.39 is 11.9 Å². The molecule has 11 nitrogen and oxygen atoms in total. The predicted octanol–water partition coefficient (Wildman–Crippen LogP) is 2.57. The van der Waals surface area contributed by atoms with Crippen molar-refractivity contribution in [3.8, 4) is 11.5 Å². The molecule has 4 rings (SSSR count). The third-order valence-corrected chi connectivity index (χ3v) is 6.63. The van der Waals surface area contributed by atoms with Crippen LogP contribution in [0.5, 0.6) is 11.5 Å². The van der Waals surface area contributed by atoms with Crippen LogP contribution >= 0.6 is 0 Å². The lowest BCUT2D eigenvalue weighted by Gasteiger charge is -2.40. The number of piperidine rings is 1. The summed E-state index contributed by atoms with van der Waals surface area (Å²) in [7, 11) is 3.10. The van der Waals surface area contributed by atoms with Gasteiger partial charge in [-0.3, -0.25) is 14.4 Å². The highest BCUT2D eigenvalue weighted by molar-refractivity contribution is 6.21. The average molecular weight is 511 g/mol. The first-order valence-corrected chi connectivity index (χ1v) is 12.1. The Morgan fingerprint density at radius 1 is 1.14 bits per heavy atom. The molecule has 37 heavy (non-hydrogen) atoms.